The lowest BCUT2D eigenvalue weighted by atomic mass is 9.97. The number of rotatable bonds is 4. The number of benzene rings is 1. The summed E-state index contributed by atoms with van der Waals surface area (Å²) in [6.45, 7) is 8.30. The number of halogens is 1. The Kier molecular flexibility index (Phi) is 4.22. The molecule has 3 nitrogen and oxygen atoms in total. The van der Waals surface area contributed by atoms with Crippen LogP contribution >= 0.6 is 11.6 Å². The molecule has 0 aliphatic carbocycles. The molecule has 1 aromatic carbocycles. The maximum atomic E-state index is 6.18. The standard InChI is InChI=1S/C16H23ClO3/c1-15(2)9-14(16(3,4)20-15)19-13-8-11(10-17)6-7-12(13)18-5/h6-8,14H,9-10H2,1-5H3. The van der Waals surface area contributed by atoms with Crippen molar-refractivity contribution in [1.82, 2.24) is 0 Å². The Bertz CT molecular complexity index is 483. The van der Waals surface area contributed by atoms with Crippen LogP contribution in [0.1, 0.15) is 39.7 Å². The van der Waals surface area contributed by atoms with Crippen LogP contribution in [0.5, 0.6) is 11.5 Å². The van der Waals surface area contributed by atoms with Crippen LogP contribution in [0, 0.1) is 0 Å². The molecule has 0 N–H and O–H groups in total. The van der Waals surface area contributed by atoms with E-state index in [0.717, 1.165) is 23.5 Å². The van der Waals surface area contributed by atoms with Gasteiger partial charge < -0.3 is 14.2 Å². The van der Waals surface area contributed by atoms with E-state index in [1.807, 2.05) is 18.2 Å². The number of alkyl halides is 1. The zero-order valence-electron chi connectivity index (χ0n) is 12.8. The average molecular weight is 299 g/mol. The summed E-state index contributed by atoms with van der Waals surface area (Å²) < 4.78 is 17.6. The van der Waals surface area contributed by atoms with Gasteiger partial charge >= 0.3 is 0 Å². The first-order valence-electron chi connectivity index (χ1n) is 6.87. The molecule has 1 atom stereocenters. The number of methoxy groups -OCH3 is 1. The van der Waals surface area contributed by atoms with Crippen LogP contribution < -0.4 is 9.47 Å². The van der Waals surface area contributed by atoms with Crippen molar-refractivity contribution in [3.05, 3.63) is 23.8 Å². The fourth-order valence-electron chi connectivity index (χ4n) is 2.74. The molecule has 0 spiro atoms. The van der Waals surface area contributed by atoms with Crippen molar-refractivity contribution in [2.45, 2.75) is 57.3 Å². The summed E-state index contributed by atoms with van der Waals surface area (Å²) in [7, 11) is 1.64. The summed E-state index contributed by atoms with van der Waals surface area (Å²) >= 11 is 5.89. The van der Waals surface area contributed by atoms with Crippen molar-refractivity contribution in [2.24, 2.45) is 0 Å². The van der Waals surface area contributed by atoms with Gasteiger partial charge in [0.25, 0.3) is 0 Å². The molecule has 1 saturated heterocycles. The van der Waals surface area contributed by atoms with Gasteiger partial charge in [0, 0.05) is 12.3 Å². The predicted molar refractivity (Wildman–Crippen MR) is 80.8 cm³/mol. The van der Waals surface area contributed by atoms with E-state index in [0.29, 0.717) is 5.88 Å². The predicted octanol–water partition coefficient (Wildman–Crippen LogP) is 4.16. The van der Waals surface area contributed by atoms with Crippen LogP contribution in [-0.2, 0) is 10.6 Å². The molecular formula is C16H23ClO3. The van der Waals surface area contributed by atoms with E-state index in [4.69, 9.17) is 25.8 Å². The fraction of sp³-hybridized carbons (Fsp3) is 0.625. The Balaban J connectivity index is 2.25. The van der Waals surface area contributed by atoms with Crippen molar-refractivity contribution in [2.75, 3.05) is 7.11 Å². The van der Waals surface area contributed by atoms with Crippen LogP contribution in [0.15, 0.2) is 18.2 Å². The Morgan fingerprint density at radius 3 is 2.45 bits per heavy atom. The fourth-order valence-corrected chi connectivity index (χ4v) is 2.91. The van der Waals surface area contributed by atoms with E-state index in [9.17, 15) is 0 Å². The van der Waals surface area contributed by atoms with Crippen molar-refractivity contribution >= 4 is 11.6 Å². The molecule has 1 unspecified atom stereocenters. The minimum Gasteiger partial charge on any atom is -0.493 e. The number of hydrogen-bond acceptors (Lipinski definition) is 3. The quantitative estimate of drug-likeness (QED) is 0.781. The van der Waals surface area contributed by atoms with E-state index in [-0.39, 0.29) is 17.3 Å². The lowest BCUT2D eigenvalue weighted by Crippen LogP contribution is -2.36. The first kappa shape index (κ1) is 15.5. The third kappa shape index (κ3) is 3.21. The maximum absolute atomic E-state index is 6.18. The highest BCUT2D eigenvalue weighted by molar-refractivity contribution is 6.17. The number of hydrogen-bond donors (Lipinski definition) is 0. The second kappa shape index (κ2) is 5.45. The van der Waals surface area contributed by atoms with Gasteiger partial charge in [0.1, 0.15) is 11.7 Å². The van der Waals surface area contributed by atoms with E-state index in [1.54, 1.807) is 7.11 Å². The van der Waals surface area contributed by atoms with Crippen molar-refractivity contribution in [3.63, 3.8) is 0 Å². The lowest BCUT2D eigenvalue weighted by Gasteiger charge is -2.28. The summed E-state index contributed by atoms with van der Waals surface area (Å²) in [4.78, 5) is 0. The van der Waals surface area contributed by atoms with Gasteiger partial charge in [-0.2, -0.15) is 0 Å². The molecule has 1 aliphatic rings. The van der Waals surface area contributed by atoms with E-state index in [1.165, 1.54) is 0 Å². The van der Waals surface area contributed by atoms with Gasteiger partial charge in [0.15, 0.2) is 11.5 Å². The van der Waals surface area contributed by atoms with Crippen LogP contribution in [0.2, 0.25) is 0 Å². The highest BCUT2D eigenvalue weighted by atomic mass is 35.5. The minimum absolute atomic E-state index is 0.0167. The molecule has 20 heavy (non-hydrogen) atoms. The maximum Gasteiger partial charge on any atom is 0.162 e. The Morgan fingerprint density at radius 2 is 1.95 bits per heavy atom. The normalized spacial score (nSPS) is 23.6. The van der Waals surface area contributed by atoms with E-state index < -0.39 is 0 Å². The van der Waals surface area contributed by atoms with Crippen LogP contribution in [0.4, 0.5) is 0 Å². The molecule has 0 aromatic heterocycles. The van der Waals surface area contributed by atoms with Crippen molar-refractivity contribution in [3.8, 4) is 11.5 Å². The molecule has 112 valence electrons. The van der Waals surface area contributed by atoms with Crippen LogP contribution in [0.25, 0.3) is 0 Å². The Morgan fingerprint density at radius 1 is 1.25 bits per heavy atom. The van der Waals surface area contributed by atoms with Gasteiger partial charge in [-0.25, -0.2) is 0 Å². The highest BCUT2D eigenvalue weighted by Gasteiger charge is 2.47. The molecular weight excluding hydrogens is 276 g/mol. The van der Waals surface area contributed by atoms with E-state index >= 15 is 0 Å². The smallest absolute Gasteiger partial charge is 0.162 e. The zero-order chi connectivity index (χ0) is 15.0. The SMILES string of the molecule is COc1ccc(CCl)cc1OC1CC(C)(C)OC1(C)C. The Labute approximate surface area is 126 Å². The number of ether oxygens (including phenoxy) is 3. The second-order valence-electron chi connectivity index (χ2n) is 6.39. The summed E-state index contributed by atoms with van der Waals surface area (Å²) in [5, 5.41) is 0. The van der Waals surface area contributed by atoms with Gasteiger partial charge in [0.2, 0.25) is 0 Å². The third-order valence-corrected chi connectivity index (χ3v) is 3.95. The highest BCUT2D eigenvalue weighted by Crippen LogP contribution is 2.41. The molecule has 2 rings (SSSR count). The molecule has 0 bridgehead atoms. The summed E-state index contributed by atoms with van der Waals surface area (Å²) in [6, 6.07) is 5.77. The average Bonchev–Trinajstić information content (AvgIpc) is 2.57. The van der Waals surface area contributed by atoms with Crippen molar-refractivity contribution in [1.29, 1.82) is 0 Å². The zero-order valence-corrected chi connectivity index (χ0v) is 13.6. The summed E-state index contributed by atoms with van der Waals surface area (Å²) in [5.41, 5.74) is 0.509. The van der Waals surface area contributed by atoms with Gasteiger partial charge in [-0.1, -0.05) is 6.07 Å². The van der Waals surface area contributed by atoms with E-state index in [2.05, 4.69) is 27.7 Å². The first-order chi connectivity index (χ1) is 9.27. The Hall–Kier alpha value is -0.930. The molecule has 1 fully saturated rings. The minimum atomic E-state index is -0.328. The monoisotopic (exact) mass is 298 g/mol. The van der Waals surface area contributed by atoms with Crippen molar-refractivity contribution < 1.29 is 14.2 Å². The van der Waals surface area contributed by atoms with Gasteiger partial charge in [-0.05, 0) is 45.4 Å². The largest absolute Gasteiger partial charge is 0.493 e. The van der Waals surface area contributed by atoms with Crippen LogP contribution in [-0.4, -0.2) is 24.4 Å². The molecule has 1 aliphatic heterocycles. The van der Waals surface area contributed by atoms with Gasteiger partial charge in [-0.3, -0.25) is 0 Å². The topological polar surface area (TPSA) is 27.7 Å². The molecule has 0 radical (unpaired) electrons. The first-order valence-corrected chi connectivity index (χ1v) is 7.40. The molecule has 4 heteroatoms. The van der Waals surface area contributed by atoms with Gasteiger partial charge in [-0.15, -0.1) is 11.6 Å². The molecule has 0 amide bonds. The summed E-state index contributed by atoms with van der Waals surface area (Å²) in [5.74, 6) is 1.90. The summed E-state index contributed by atoms with van der Waals surface area (Å²) in [6.07, 6.45) is 0.825. The lowest BCUT2D eigenvalue weighted by molar-refractivity contribution is -0.0847. The third-order valence-electron chi connectivity index (χ3n) is 3.64. The molecule has 1 heterocycles. The van der Waals surface area contributed by atoms with Crippen LogP contribution in [0.3, 0.4) is 0 Å². The molecule has 1 aromatic rings. The van der Waals surface area contributed by atoms with Gasteiger partial charge in [0.05, 0.1) is 12.7 Å². The molecule has 0 saturated carbocycles. The second-order valence-corrected chi connectivity index (χ2v) is 6.66.